The van der Waals surface area contributed by atoms with E-state index in [0.717, 1.165) is 17.5 Å². The fourth-order valence-electron chi connectivity index (χ4n) is 1.98. The van der Waals surface area contributed by atoms with E-state index in [4.69, 9.17) is 5.11 Å². The second kappa shape index (κ2) is 8.18. The topological polar surface area (TPSA) is 101 Å². The lowest BCUT2D eigenvalue weighted by Crippen LogP contribution is -2.29. The minimum Gasteiger partial charge on any atom is -0.481 e. The van der Waals surface area contributed by atoms with E-state index in [1.165, 1.54) is 19.2 Å². The van der Waals surface area contributed by atoms with Crippen LogP contribution < -0.4 is 10.9 Å². The van der Waals surface area contributed by atoms with E-state index in [2.05, 4.69) is 10.4 Å². The van der Waals surface area contributed by atoms with Gasteiger partial charge in [0, 0.05) is 26.1 Å². The summed E-state index contributed by atoms with van der Waals surface area (Å²) in [5.74, 6) is -0.861. The molecule has 21 heavy (non-hydrogen) atoms. The highest BCUT2D eigenvalue weighted by molar-refractivity contribution is 5.91. The summed E-state index contributed by atoms with van der Waals surface area (Å²) in [6.07, 6.45) is 2.36. The average molecular weight is 295 g/mol. The number of carbonyl (C=O) groups is 2. The fraction of sp³-hybridized carbons (Fsp3) is 0.571. The van der Waals surface area contributed by atoms with E-state index < -0.39 is 5.97 Å². The zero-order chi connectivity index (χ0) is 15.8. The zero-order valence-corrected chi connectivity index (χ0v) is 12.3. The number of amides is 1. The number of rotatable bonds is 8. The number of carboxylic acid groups (broad SMARTS) is 1. The second-order valence-electron chi connectivity index (χ2n) is 4.93. The van der Waals surface area contributed by atoms with Crippen molar-refractivity contribution in [2.24, 2.45) is 13.0 Å². The molecule has 0 spiro atoms. The molecule has 0 fully saturated rings. The summed E-state index contributed by atoms with van der Waals surface area (Å²) in [6.45, 7) is 2.46. The highest BCUT2D eigenvalue weighted by Crippen LogP contribution is 2.14. The van der Waals surface area contributed by atoms with E-state index in [9.17, 15) is 14.4 Å². The van der Waals surface area contributed by atoms with E-state index in [1.54, 1.807) is 0 Å². The number of aryl methyl sites for hydroxylation is 1. The molecule has 1 aromatic heterocycles. The molecule has 1 unspecified atom stereocenters. The lowest BCUT2D eigenvalue weighted by molar-refractivity contribution is -0.137. The third-order valence-electron chi connectivity index (χ3n) is 3.38. The number of aromatic nitrogens is 2. The molecule has 1 rings (SSSR count). The summed E-state index contributed by atoms with van der Waals surface area (Å²) in [6, 6.07) is 2.68. The van der Waals surface area contributed by atoms with Gasteiger partial charge in [-0.1, -0.05) is 13.3 Å². The number of aliphatic carboxylic acids is 1. The zero-order valence-electron chi connectivity index (χ0n) is 12.3. The van der Waals surface area contributed by atoms with Crippen molar-refractivity contribution < 1.29 is 14.7 Å². The number of hydrogen-bond donors (Lipinski definition) is 2. The van der Waals surface area contributed by atoms with Gasteiger partial charge < -0.3 is 10.4 Å². The third kappa shape index (κ3) is 5.76. The first-order valence-corrected chi connectivity index (χ1v) is 6.98. The Morgan fingerprint density at radius 2 is 2.10 bits per heavy atom. The molecular weight excluding hydrogens is 274 g/mol. The van der Waals surface area contributed by atoms with Gasteiger partial charge in [-0.15, -0.1) is 0 Å². The molecule has 0 aliphatic heterocycles. The van der Waals surface area contributed by atoms with Crippen LogP contribution in [0.2, 0.25) is 0 Å². The Labute approximate surface area is 123 Å². The van der Waals surface area contributed by atoms with Gasteiger partial charge in [0.05, 0.1) is 0 Å². The molecule has 1 atom stereocenters. The summed E-state index contributed by atoms with van der Waals surface area (Å²) in [7, 11) is 1.48. The molecule has 1 amide bonds. The van der Waals surface area contributed by atoms with Crippen LogP contribution in [-0.4, -0.2) is 33.3 Å². The van der Waals surface area contributed by atoms with E-state index in [-0.39, 0.29) is 29.5 Å². The molecule has 0 aliphatic rings. The quantitative estimate of drug-likeness (QED) is 0.738. The van der Waals surface area contributed by atoms with Gasteiger partial charge in [-0.05, 0) is 24.8 Å². The monoisotopic (exact) mass is 295 g/mol. The highest BCUT2D eigenvalue weighted by atomic mass is 16.4. The largest absolute Gasteiger partial charge is 0.481 e. The first kappa shape index (κ1) is 16.9. The molecule has 0 aromatic carbocycles. The van der Waals surface area contributed by atoms with Crippen molar-refractivity contribution >= 4 is 11.9 Å². The molecule has 1 aromatic rings. The van der Waals surface area contributed by atoms with Gasteiger partial charge in [0.2, 0.25) is 0 Å². The Hall–Kier alpha value is -2.18. The number of carbonyl (C=O) groups excluding carboxylic acids is 1. The van der Waals surface area contributed by atoms with Crippen molar-refractivity contribution in [1.29, 1.82) is 0 Å². The summed E-state index contributed by atoms with van der Waals surface area (Å²) in [4.78, 5) is 33.6. The number of carboxylic acids is 1. The number of hydrogen-bond acceptors (Lipinski definition) is 4. The molecule has 7 nitrogen and oxygen atoms in total. The maximum Gasteiger partial charge on any atom is 0.303 e. The SMILES string of the molecule is CCC(CCNC(=O)c1ccc(=O)n(C)n1)CCC(=O)O. The van der Waals surface area contributed by atoms with Crippen LogP contribution >= 0.6 is 0 Å². The molecule has 1 heterocycles. The summed E-state index contributed by atoms with van der Waals surface area (Å²) in [5.41, 5.74) is -0.0815. The molecule has 0 saturated heterocycles. The predicted octanol–water partition coefficient (Wildman–Crippen LogP) is 0.791. The van der Waals surface area contributed by atoms with Crippen LogP contribution in [0.4, 0.5) is 0 Å². The van der Waals surface area contributed by atoms with E-state index in [0.29, 0.717) is 13.0 Å². The van der Waals surface area contributed by atoms with Gasteiger partial charge in [0.1, 0.15) is 5.69 Å². The van der Waals surface area contributed by atoms with E-state index >= 15 is 0 Å². The Kier molecular flexibility index (Phi) is 6.58. The first-order valence-electron chi connectivity index (χ1n) is 6.98. The normalized spacial score (nSPS) is 11.9. The molecule has 7 heteroatoms. The van der Waals surface area contributed by atoms with Crippen molar-refractivity contribution in [3.05, 3.63) is 28.2 Å². The molecule has 0 bridgehead atoms. The first-order chi connectivity index (χ1) is 9.93. The van der Waals surface area contributed by atoms with Crippen LogP contribution in [-0.2, 0) is 11.8 Å². The highest BCUT2D eigenvalue weighted by Gasteiger charge is 2.11. The molecule has 0 radical (unpaired) electrons. The Bertz CT molecular complexity index is 553. The van der Waals surface area contributed by atoms with Crippen LogP contribution in [0.15, 0.2) is 16.9 Å². The van der Waals surface area contributed by atoms with Crippen molar-refractivity contribution in [2.75, 3.05) is 6.54 Å². The predicted molar refractivity (Wildman–Crippen MR) is 77.1 cm³/mol. The average Bonchev–Trinajstić information content (AvgIpc) is 2.45. The van der Waals surface area contributed by atoms with Gasteiger partial charge in [-0.2, -0.15) is 5.10 Å². The Balaban J connectivity index is 2.43. The third-order valence-corrected chi connectivity index (χ3v) is 3.38. The van der Waals surface area contributed by atoms with Gasteiger partial charge in [0.25, 0.3) is 11.5 Å². The molecule has 0 saturated carbocycles. The Morgan fingerprint density at radius 3 is 2.67 bits per heavy atom. The van der Waals surface area contributed by atoms with Crippen molar-refractivity contribution in [2.45, 2.75) is 32.6 Å². The van der Waals surface area contributed by atoms with Crippen LogP contribution in [0.1, 0.15) is 43.1 Å². The lowest BCUT2D eigenvalue weighted by atomic mass is 9.96. The van der Waals surface area contributed by atoms with E-state index in [1.807, 2.05) is 6.92 Å². The van der Waals surface area contributed by atoms with Gasteiger partial charge >= 0.3 is 5.97 Å². The van der Waals surface area contributed by atoms with Crippen molar-refractivity contribution in [1.82, 2.24) is 15.1 Å². The molecule has 116 valence electrons. The summed E-state index contributed by atoms with van der Waals surface area (Å²) >= 11 is 0. The standard InChI is InChI=1S/C14H21N3O4/c1-3-10(4-7-13(19)20)8-9-15-14(21)11-5-6-12(18)17(2)16-11/h5-6,10H,3-4,7-9H2,1-2H3,(H,15,21)(H,19,20). The fourth-order valence-corrected chi connectivity index (χ4v) is 1.98. The van der Waals surface area contributed by atoms with Crippen molar-refractivity contribution in [3.63, 3.8) is 0 Å². The molecular formula is C14H21N3O4. The van der Waals surface area contributed by atoms with Gasteiger partial charge in [0.15, 0.2) is 0 Å². The summed E-state index contributed by atoms with van der Waals surface area (Å²) < 4.78 is 1.11. The Morgan fingerprint density at radius 1 is 1.38 bits per heavy atom. The number of nitrogens with zero attached hydrogens (tertiary/aromatic N) is 2. The van der Waals surface area contributed by atoms with Crippen LogP contribution in [0.5, 0.6) is 0 Å². The summed E-state index contributed by atoms with van der Waals surface area (Å²) in [5, 5.41) is 15.3. The second-order valence-corrected chi connectivity index (χ2v) is 4.93. The molecule has 2 N–H and O–H groups in total. The van der Waals surface area contributed by atoms with Gasteiger partial charge in [-0.25, -0.2) is 4.68 Å². The maximum atomic E-state index is 11.9. The number of nitrogens with one attached hydrogen (secondary N) is 1. The van der Waals surface area contributed by atoms with Crippen LogP contribution in [0.25, 0.3) is 0 Å². The smallest absolute Gasteiger partial charge is 0.303 e. The van der Waals surface area contributed by atoms with Gasteiger partial charge in [-0.3, -0.25) is 14.4 Å². The van der Waals surface area contributed by atoms with Crippen LogP contribution in [0.3, 0.4) is 0 Å². The minimum absolute atomic E-state index is 0.148. The van der Waals surface area contributed by atoms with Crippen LogP contribution in [0, 0.1) is 5.92 Å². The lowest BCUT2D eigenvalue weighted by Gasteiger charge is -2.13. The molecule has 0 aliphatic carbocycles. The van der Waals surface area contributed by atoms with Crippen molar-refractivity contribution in [3.8, 4) is 0 Å². The maximum absolute atomic E-state index is 11.9. The minimum atomic E-state index is -0.799.